The maximum Gasteiger partial charge on any atom is 0.317 e. The Balaban J connectivity index is 1.82. The molecule has 1 aromatic rings. The predicted molar refractivity (Wildman–Crippen MR) is 88.5 cm³/mol. The normalized spacial score (nSPS) is 15.9. The highest BCUT2D eigenvalue weighted by molar-refractivity contribution is 7.12. The molecule has 1 unspecified atom stereocenters. The van der Waals surface area contributed by atoms with E-state index in [0.29, 0.717) is 37.6 Å². The molecule has 0 saturated carbocycles. The van der Waals surface area contributed by atoms with Crippen molar-refractivity contribution in [3.63, 3.8) is 0 Å². The highest BCUT2D eigenvalue weighted by Gasteiger charge is 2.27. The Hall–Kier alpha value is -2.09. The number of piperazine rings is 1. The lowest BCUT2D eigenvalue weighted by Crippen LogP contribution is -2.56. The number of nitrogens with one attached hydrogen (secondary N) is 2. The van der Waals surface area contributed by atoms with Crippen LogP contribution in [0.1, 0.15) is 23.5 Å². The van der Waals surface area contributed by atoms with E-state index in [-0.39, 0.29) is 17.8 Å². The summed E-state index contributed by atoms with van der Waals surface area (Å²) in [5.41, 5.74) is 0. The van der Waals surface area contributed by atoms with Crippen LogP contribution in [0.2, 0.25) is 0 Å². The second kappa shape index (κ2) is 7.96. The van der Waals surface area contributed by atoms with Gasteiger partial charge in [0.05, 0.1) is 4.88 Å². The quantitative estimate of drug-likeness (QED) is 0.849. The summed E-state index contributed by atoms with van der Waals surface area (Å²) in [6, 6.07) is 2.84. The van der Waals surface area contributed by atoms with Gasteiger partial charge in [-0.05, 0) is 25.3 Å². The third-order valence-electron chi connectivity index (χ3n) is 3.67. The van der Waals surface area contributed by atoms with Crippen LogP contribution in [0.4, 0.5) is 4.79 Å². The summed E-state index contributed by atoms with van der Waals surface area (Å²) < 4.78 is 0. The van der Waals surface area contributed by atoms with E-state index < -0.39 is 6.04 Å². The Morgan fingerprint density at radius 2 is 1.87 bits per heavy atom. The molecule has 1 aromatic heterocycles. The summed E-state index contributed by atoms with van der Waals surface area (Å²) in [6.45, 7) is 6.11. The molecule has 2 heterocycles. The molecule has 8 heteroatoms. The lowest BCUT2D eigenvalue weighted by atomic mass is 10.2. The average molecular weight is 338 g/mol. The lowest BCUT2D eigenvalue weighted by Gasteiger charge is -2.35. The van der Waals surface area contributed by atoms with Crippen molar-refractivity contribution in [3.05, 3.63) is 22.4 Å². The topological polar surface area (TPSA) is 81.8 Å². The first-order valence-corrected chi connectivity index (χ1v) is 8.56. The molecule has 1 saturated heterocycles. The number of nitrogens with zero attached hydrogens (tertiary/aromatic N) is 2. The van der Waals surface area contributed by atoms with Gasteiger partial charge >= 0.3 is 6.03 Å². The van der Waals surface area contributed by atoms with E-state index in [1.807, 2.05) is 12.3 Å². The number of urea groups is 1. The summed E-state index contributed by atoms with van der Waals surface area (Å²) in [4.78, 5) is 40.1. The molecule has 1 aliphatic heterocycles. The second-order valence-corrected chi connectivity index (χ2v) is 6.27. The van der Waals surface area contributed by atoms with E-state index in [4.69, 9.17) is 0 Å². The molecular weight excluding hydrogens is 316 g/mol. The van der Waals surface area contributed by atoms with Crippen LogP contribution in [0.3, 0.4) is 0 Å². The number of carbonyl (C=O) groups is 3. The van der Waals surface area contributed by atoms with Gasteiger partial charge in [-0.1, -0.05) is 6.07 Å². The third-order valence-corrected chi connectivity index (χ3v) is 4.54. The Morgan fingerprint density at radius 3 is 2.43 bits per heavy atom. The molecular formula is C15H22N4O3S. The monoisotopic (exact) mass is 338 g/mol. The van der Waals surface area contributed by atoms with E-state index in [2.05, 4.69) is 10.6 Å². The molecule has 4 amide bonds. The lowest BCUT2D eigenvalue weighted by molar-refractivity contribution is -0.134. The van der Waals surface area contributed by atoms with Crippen molar-refractivity contribution in [3.8, 4) is 0 Å². The molecule has 126 valence electrons. The Labute approximate surface area is 139 Å². The van der Waals surface area contributed by atoms with Crippen molar-refractivity contribution in [2.24, 2.45) is 0 Å². The molecule has 0 spiro atoms. The summed E-state index contributed by atoms with van der Waals surface area (Å²) in [7, 11) is 0. The molecule has 7 nitrogen and oxygen atoms in total. The molecule has 2 rings (SSSR count). The van der Waals surface area contributed by atoms with Gasteiger partial charge in [0.25, 0.3) is 5.91 Å². The first kappa shape index (κ1) is 17.3. The molecule has 1 aliphatic rings. The van der Waals surface area contributed by atoms with Crippen LogP contribution in [0, 0.1) is 0 Å². The SMILES string of the molecule is CCNC(=O)N1CCN(C(=O)C(C)NC(=O)c2cccs2)CC1. The van der Waals surface area contributed by atoms with Gasteiger partial charge < -0.3 is 20.4 Å². The fourth-order valence-corrected chi connectivity index (χ4v) is 3.03. The fourth-order valence-electron chi connectivity index (χ4n) is 2.40. The van der Waals surface area contributed by atoms with Gasteiger partial charge in [-0.3, -0.25) is 9.59 Å². The van der Waals surface area contributed by atoms with Gasteiger partial charge in [-0.25, -0.2) is 4.79 Å². The number of carbonyl (C=O) groups excluding carboxylic acids is 3. The first-order valence-electron chi connectivity index (χ1n) is 7.69. The Bertz CT molecular complexity index is 553. The van der Waals surface area contributed by atoms with E-state index in [1.165, 1.54) is 11.3 Å². The van der Waals surface area contributed by atoms with Crippen LogP contribution in [-0.2, 0) is 4.79 Å². The minimum Gasteiger partial charge on any atom is -0.340 e. The van der Waals surface area contributed by atoms with Gasteiger partial charge in [-0.2, -0.15) is 0 Å². The van der Waals surface area contributed by atoms with E-state index in [9.17, 15) is 14.4 Å². The maximum atomic E-state index is 12.4. The van der Waals surface area contributed by atoms with Crippen LogP contribution in [-0.4, -0.2) is 66.4 Å². The zero-order valence-corrected chi connectivity index (χ0v) is 14.2. The van der Waals surface area contributed by atoms with Gasteiger partial charge in [0.15, 0.2) is 0 Å². The maximum absolute atomic E-state index is 12.4. The molecule has 0 bridgehead atoms. The molecule has 2 N–H and O–H groups in total. The van der Waals surface area contributed by atoms with E-state index >= 15 is 0 Å². The molecule has 0 aliphatic carbocycles. The second-order valence-electron chi connectivity index (χ2n) is 5.32. The highest BCUT2D eigenvalue weighted by Crippen LogP contribution is 2.09. The van der Waals surface area contributed by atoms with E-state index in [1.54, 1.807) is 28.9 Å². The van der Waals surface area contributed by atoms with Gasteiger partial charge in [0.1, 0.15) is 6.04 Å². The average Bonchev–Trinajstić information content (AvgIpc) is 3.09. The van der Waals surface area contributed by atoms with Crippen LogP contribution in [0.5, 0.6) is 0 Å². The van der Waals surface area contributed by atoms with Crippen molar-refractivity contribution in [1.29, 1.82) is 0 Å². The number of hydrogen-bond donors (Lipinski definition) is 2. The molecule has 23 heavy (non-hydrogen) atoms. The van der Waals surface area contributed by atoms with Crippen molar-refractivity contribution in [1.82, 2.24) is 20.4 Å². The molecule has 1 fully saturated rings. The van der Waals surface area contributed by atoms with Crippen LogP contribution < -0.4 is 10.6 Å². The van der Waals surface area contributed by atoms with Crippen molar-refractivity contribution in [2.75, 3.05) is 32.7 Å². The fraction of sp³-hybridized carbons (Fsp3) is 0.533. The van der Waals surface area contributed by atoms with Crippen molar-refractivity contribution >= 4 is 29.2 Å². The van der Waals surface area contributed by atoms with Gasteiger partial charge in [0, 0.05) is 32.7 Å². The first-order chi connectivity index (χ1) is 11.0. The number of thiophene rings is 1. The number of rotatable bonds is 4. The Kier molecular flexibility index (Phi) is 5.97. The number of amides is 4. The minimum absolute atomic E-state index is 0.0985. The van der Waals surface area contributed by atoms with Crippen molar-refractivity contribution < 1.29 is 14.4 Å². The highest BCUT2D eigenvalue weighted by atomic mass is 32.1. The van der Waals surface area contributed by atoms with Crippen LogP contribution in [0.15, 0.2) is 17.5 Å². The molecule has 0 radical (unpaired) electrons. The van der Waals surface area contributed by atoms with Gasteiger partial charge in [0.2, 0.25) is 5.91 Å². The third kappa shape index (κ3) is 4.44. The van der Waals surface area contributed by atoms with Gasteiger partial charge in [-0.15, -0.1) is 11.3 Å². The Morgan fingerprint density at radius 1 is 1.22 bits per heavy atom. The minimum atomic E-state index is -0.583. The zero-order chi connectivity index (χ0) is 16.8. The van der Waals surface area contributed by atoms with Crippen LogP contribution >= 0.6 is 11.3 Å². The van der Waals surface area contributed by atoms with Crippen molar-refractivity contribution in [2.45, 2.75) is 19.9 Å². The molecule has 0 aromatic carbocycles. The van der Waals surface area contributed by atoms with Crippen LogP contribution in [0.25, 0.3) is 0 Å². The predicted octanol–water partition coefficient (Wildman–Crippen LogP) is 0.740. The summed E-state index contributed by atoms with van der Waals surface area (Å²) >= 11 is 1.34. The largest absolute Gasteiger partial charge is 0.340 e. The summed E-state index contributed by atoms with van der Waals surface area (Å²) in [5.74, 6) is -0.354. The summed E-state index contributed by atoms with van der Waals surface area (Å²) in [6.07, 6.45) is 0. The summed E-state index contributed by atoms with van der Waals surface area (Å²) in [5, 5.41) is 7.29. The number of hydrogen-bond acceptors (Lipinski definition) is 4. The standard InChI is InChI=1S/C15H22N4O3S/c1-3-16-15(22)19-8-6-18(7-9-19)14(21)11(2)17-13(20)12-5-4-10-23-12/h4-5,10-11H,3,6-9H2,1-2H3,(H,16,22)(H,17,20). The smallest absolute Gasteiger partial charge is 0.317 e. The zero-order valence-electron chi connectivity index (χ0n) is 13.4. The molecule has 1 atom stereocenters. The van der Waals surface area contributed by atoms with E-state index in [0.717, 1.165) is 0 Å².